The lowest BCUT2D eigenvalue weighted by Gasteiger charge is -2.23. The smallest absolute Gasteiger partial charge is 0.303 e. The van der Waals surface area contributed by atoms with Crippen LogP contribution in [-0.4, -0.2) is 48.3 Å². The van der Waals surface area contributed by atoms with Crippen molar-refractivity contribution >= 4 is 5.97 Å². The monoisotopic (exact) mass is 608 g/mol. The fraction of sp³-hybridized carbons (Fsp3) is 0.921. The molecule has 0 radical (unpaired) electrons. The van der Waals surface area contributed by atoms with E-state index in [4.69, 9.17) is 10.8 Å². The molecule has 0 bridgehead atoms. The van der Waals surface area contributed by atoms with Crippen LogP contribution in [-0.2, 0) is 4.79 Å². The number of aliphatic carboxylic acids is 1. The van der Waals surface area contributed by atoms with Gasteiger partial charge >= 0.3 is 5.97 Å². The van der Waals surface area contributed by atoms with Gasteiger partial charge in [-0.1, -0.05) is 161 Å². The Morgan fingerprint density at radius 2 is 1.09 bits per heavy atom. The van der Waals surface area contributed by atoms with Crippen molar-refractivity contribution in [1.82, 2.24) is 10.2 Å². The summed E-state index contributed by atoms with van der Waals surface area (Å²) >= 11 is 0. The average molecular weight is 608 g/mol. The lowest BCUT2D eigenvalue weighted by Crippen LogP contribution is -2.38. The van der Waals surface area contributed by atoms with E-state index in [0.29, 0.717) is 12.6 Å². The molecule has 5 nitrogen and oxygen atoms in total. The Morgan fingerprint density at radius 1 is 0.674 bits per heavy atom. The number of nitrogens with two attached hydrogens (primary N) is 1. The first kappa shape index (κ1) is 42.1. The predicted octanol–water partition coefficient (Wildman–Crippen LogP) is 10.8. The van der Waals surface area contributed by atoms with Gasteiger partial charge in [0.25, 0.3) is 0 Å². The maximum Gasteiger partial charge on any atom is 0.303 e. The van der Waals surface area contributed by atoms with Crippen LogP contribution < -0.4 is 11.1 Å². The summed E-state index contributed by atoms with van der Waals surface area (Å²) in [5.74, 6) is -0.664. The molecule has 1 saturated heterocycles. The molecule has 43 heavy (non-hydrogen) atoms. The number of carboxylic acids is 1. The lowest BCUT2D eigenvalue weighted by atomic mass is 10.0. The van der Waals surface area contributed by atoms with E-state index in [1.165, 1.54) is 167 Å². The van der Waals surface area contributed by atoms with Crippen LogP contribution in [0.15, 0.2) is 12.2 Å². The second-order valence-electron chi connectivity index (χ2n) is 13.1. The van der Waals surface area contributed by atoms with Crippen LogP contribution in [0, 0.1) is 0 Å². The molecule has 1 atom stereocenters. The number of carboxylic acid groups (broad SMARTS) is 1. The van der Waals surface area contributed by atoms with E-state index in [-0.39, 0.29) is 0 Å². The number of hydrogen-bond acceptors (Lipinski definition) is 4. The van der Waals surface area contributed by atoms with Gasteiger partial charge in [0.15, 0.2) is 0 Å². The molecule has 0 saturated carbocycles. The average Bonchev–Trinajstić information content (AvgIpc) is 3.44. The Balaban J connectivity index is 0.000000830. The van der Waals surface area contributed by atoms with Crippen molar-refractivity contribution in [3.63, 3.8) is 0 Å². The summed E-state index contributed by atoms with van der Waals surface area (Å²) in [5, 5.41) is 12.1. The lowest BCUT2D eigenvalue weighted by molar-refractivity contribution is -0.137. The first-order valence-corrected chi connectivity index (χ1v) is 19.2. The van der Waals surface area contributed by atoms with Crippen molar-refractivity contribution in [2.75, 3.05) is 26.2 Å². The van der Waals surface area contributed by atoms with E-state index < -0.39 is 5.97 Å². The first-order valence-electron chi connectivity index (χ1n) is 19.2. The predicted molar refractivity (Wildman–Crippen MR) is 190 cm³/mol. The van der Waals surface area contributed by atoms with E-state index >= 15 is 0 Å². The molecule has 1 heterocycles. The Labute approximate surface area is 269 Å². The largest absolute Gasteiger partial charge is 0.481 e. The third-order valence-electron chi connectivity index (χ3n) is 8.87. The van der Waals surface area contributed by atoms with Crippen LogP contribution in [0.4, 0.5) is 0 Å². The molecule has 0 aromatic rings. The summed E-state index contributed by atoms with van der Waals surface area (Å²) in [6.45, 7) is 8.71. The third-order valence-corrected chi connectivity index (χ3v) is 8.87. The number of allylic oxidation sites excluding steroid dienone is 2. The van der Waals surface area contributed by atoms with Gasteiger partial charge in [0, 0.05) is 32.6 Å². The van der Waals surface area contributed by atoms with Gasteiger partial charge in [-0.2, -0.15) is 0 Å². The molecule has 0 aromatic carbocycles. The molecular weight excluding hydrogens is 530 g/mol. The highest BCUT2D eigenvalue weighted by atomic mass is 16.4. The number of unbranched alkanes of at least 4 members (excludes halogenated alkanes) is 23. The maximum atomic E-state index is 10.3. The zero-order valence-corrected chi connectivity index (χ0v) is 29.2. The van der Waals surface area contributed by atoms with Crippen molar-refractivity contribution in [3.05, 3.63) is 12.2 Å². The summed E-state index contributed by atoms with van der Waals surface area (Å²) in [6.07, 6.45) is 41.8. The van der Waals surface area contributed by atoms with Gasteiger partial charge < -0.3 is 16.2 Å². The van der Waals surface area contributed by atoms with Crippen LogP contribution in [0.1, 0.15) is 194 Å². The van der Waals surface area contributed by atoms with Crippen LogP contribution >= 0.6 is 0 Å². The van der Waals surface area contributed by atoms with Crippen molar-refractivity contribution < 1.29 is 9.90 Å². The molecule has 0 amide bonds. The minimum absolute atomic E-state index is 0.332. The molecule has 1 aliphatic rings. The Hall–Kier alpha value is -0.910. The fourth-order valence-corrected chi connectivity index (χ4v) is 6.08. The van der Waals surface area contributed by atoms with Crippen molar-refractivity contribution in [1.29, 1.82) is 0 Å². The molecule has 1 fully saturated rings. The normalized spacial score (nSPS) is 15.3. The van der Waals surface area contributed by atoms with Crippen molar-refractivity contribution in [2.45, 2.75) is 200 Å². The number of nitrogens with one attached hydrogen (secondary N) is 1. The summed E-state index contributed by atoms with van der Waals surface area (Å²) in [7, 11) is 0. The molecule has 1 unspecified atom stereocenters. The minimum atomic E-state index is -0.664. The van der Waals surface area contributed by atoms with Crippen molar-refractivity contribution in [3.8, 4) is 0 Å². The van der Waals surface area contributed by atoms with E-state index in [0.717, 1.165) is 32.5 Å². The second-order valence-corrected chi connectivity index (χ2v) is 13.1. The van der Waals surface area contributed by atoms with Crippen LogP contribution in [0.3, 0.4) is 0 Å². The first-order chi connectivity index (χ1) is 21.2. The minimum Gasteiger partial charge on any atom is -0.481 e. The molecular formula is C38H77N3O2. The fourth-order valence-electron chi connectivity index (χ4n) is 6.08. The van der Waals surface area contributed by atoms with Gasteiger partial charge in [-0.25, -0.2) is 0 Å². The molecule has 5 heteroatoms. The van der Waals surface area contributed by atoms with Gasteiger partial charge in [-0.15, -0.1) is 0 Å². The zero-order chi connectivity index (χ0) is 31.5. The van der Waals surface area contributed by atoms with E-state index in [1.807, 2.05) is 0 Å². The zero-order valence-electron chi connectivity index (χ0n) is 29.2. The molecule has 0 aliphatic carbocycles. The van der Waals surface area contributed by atoms with E-state index in [1.54, 1.807) is 0 Å². The summed E-state index contributed by atoms with van der Waals surface area (Å²) in [5.41, 5.74) is 5.68. The van der Waals surface area contributed by atoms with Gasteiger partial charge in [-0.3, -0.25) is 9.69 Å². The summed E-state index contributed by atoms with van der Waals surface area (Å²) < 4.78 is 0. The van der Waals surface area contributed by atoms with Crippen LogP contribution in [0.25, 0.3) is 0 Å². The summed E-state index contributed by atoms with van der Waals surface area (Å²) in [4.78, 5) is 12.8. The summed E-state index contributed by atoms with van der Waals surface area (Å²) in [6, 6.07) is 0. The maximum absolute atomic E-state index is 10.3. The number of rotatable bonds is 31. The molecule has 0 spiro atoms. The van der Waals surface area contributed by atoms with Crippen LogP contribution in [0.2, 0.25) is 0 Å². The van der Waals surface area contributed by atoms with Crippen molar-refractivity contribution in [2.24, 2.45) is 5.73 Å². The highest BCUT2D eigenvalue weighted by molar-refractivity contribution is 5.66. The molecule has 0 aromatic heterocycles. The molecule has 4 N–H and O–H groups in total. The Morgan fingerprint density at radius 3 is 1.53 bits per heavy atom. The number of hydrogen-bond donors (Lipinski definition) is 3. The van der Waals surface area contributed by atoms with Crippen LogP contribution in [0.5, 0.6) is 0 Å². The van der Waals surface area contributed by atoms with Gasteiger partial charge in [-0.05, 0) is 38.5 Å². The van der Waals surface area contributed by atoms with Gasteiger partial charge in [0.2, 0.25) is 0 Å². The van der Waals surface area contributed by atoms with E-state index in [2.05, 4.69) is 36.2 Å². The standard InChI is InChI=1S/C20H43N3.C18H34O2/c1-2-3-4-5-6-7-8-9-10-11-12-13-14-15-20-22-17-19-23(20)18-16-21;1-2-3-4-5-6-7-8-9-10-11-12-13-14-15-16-17-18(19)20/h20,22H,2-19,21H2,1H3;9-10H,2-8,11-17H2,1H3,(H,19,20)/b;10-9-. The topological polar surface area (TPSA) is 78.6 Å². The van der Waals surface area contributed by atoms with E-state index in [9.17, 15) is 4.79 Å². The highest BCUT2D eigenvalue weighted by Gasteiger charge is 2.21. The molecule has 256 valence electrons. The van der Waals surface area contributed by atoms with Gasteiger partial charge in [0.05, 0.1) is 6.17 Å². The highest BCUT2D eigenvalue weighted by Crippen LogP contribution is 2.15. The quantitative estimate of drug-likeness (QED) is 0.0540. The third kappa shape index (κ3) is 32.3. The SMILES string of the molecule is CCCCCCCC/C=C\CCCCCCCC(=O)O.CCCCCCCCCCCCCCCC1NCCN1CCN. The molecule has 1 aliphatic heterocycles. The number of carbonyl (C=O) groups is 1. The second kappa shape index (κ2) is 35.6. The number of nitrogens with zero attached hydrogens (tertiary/aromatic N) is 1. The van der Waals surface area contributed by atoms with Gasteiger partial charge in [0.1, 0.15) is 0 Å². The molecule has 1 rings (SSSR count). The Kier molecular flexibility index (Phi) is 34.8. The Bertz CT molecular complexity index is 584.